The van der Waals surface area contributed by atoms with Gasteiger partial charge in [0, 0.05) is 23.5 Å². The fraction of sp³-hybridized carbons (Fsp3) is 0.240. The number of hydrogen-bond donors (Lipinski definition) is 2. The number of benzene rings is 2. The molecule has 162 valence electrons. The van der Waals surface area contributed by atoms with Gasteiger partial charge in [0.05, 0.1) is 5.75 Å². The molecule has 7 heteroatoms. The summed E-state index contributed by atoms with van der Waals surface area (Å²) in [5, 5.41) is 3.58. The van der Waals surface area contributed by atoms with Crippen molar-refractivity contribution in [3.63, 3.8) is 0 Å². The number of H-pyrrole nitrogens is 1. The van der Waals surface area contributed by atoms with Crippen LogP contribution in [0, 0.1) is 13.8 Å². The molecule has 4 aromatic rings. The molecule has 2 heterocycles. The van der Waals surface area contributed by atoms with Crippen LogP contribution >= 0.6 is 11.8 Å². The summed E-state index contributed by atoms with van der Waals surface area (Å²) in [5.41, 5.74) is 5.90. The summed E-state index contributed by atoms with van der Waals surface area (Å²) < 4.78 is 1.75. The van der Waals surface area contributed by atoms with E-state index in [1.807, 2.05) is 68.6 Å². The first kappa shape index (κ1) is 20.6. The minimum atomic E-state index is -0.113. The van der Waals surface area contributed by atoms with E-state index in [0.717, 1.165) is 40.8 Å². The van der Waals surface area contributed by atoms with E-state index in [1.54, 1.807) is 4.57 Å². The minimum absolute atomic E-state index is 0.0721. The lowest BCUT2D eigenvalue weighted by Crippen LogP contribution is -2.23. The number of aromatic nitrogens is 3. The lowest BCUT2D eigenvalue weighted by Gasteiger charge is -2.12. The predicted molar refractivity (Wildman–Crippen MR) is 129 cm³/mol. The van der Waals surface area contributed by atoms with Crippen LogP contribution in [0.3, 0.4) is 0 Å². The van der Waals surface area contributed by atoms with Crippen LogP contribution in [0.25, 0.3) is 22.2 Å². The molecule has 6 nitrogen and oxygen atoms in total. The number of carbonyl (C=O) groups is 1. The molecule has 2 N–H and O–H groups in total. The maximum absolute atomic E-state index is 13.3. The van der Waals surface area contributed by atoms with Gasteiger partial charge in [-0.1, -0.05) is 54.2 Å². The summed E-state index contributed by atoms with van der Waals surface area (Å²) in [5.74, 6) is 0.0705. The molecule has 1 fully saturated rings. The molecule has 0 atom stereocenters. The van der Waals surface area contributed by atoms with Crippen LogP contribution in [-0.4, -0.2) is 26.2 Å². The van der Waals surface area contributed by atoms with E-state index in [1.165, 1.54) is 11.8 Å². The second kappa shape index (κ2) is 8.31. The number of anilines is 1. The fourth-order valence-corrected chi connectivity index (χ4v) is 4.69. The van der Waals surface area contributed by atoms with Crippen LogP contribution in [0.4, 0.5) is 5.69 Å². The molecule has 0 saturated heterocycles. The number of rotatable bonds is 6. The number of fused-ring (bicyclic) bond motifs is 1. The lowest BCUT2D eigenvalue weighted by molar-refractivity contribution is -0.113. The first-order valence-corrected chi connectivity index (χ1v) is 11.7. The van der Waals surface area contributed by atoms with E-state index in [4.69, 9.17) is 4.98 Å². The third-order valence-electron chi connectivity index (χ3n) is 5.70. The molecule has 1 amide bonds. The monoisotopic (exact) mass is 444 g/mol. The van der Waals surface area contributed by atoms with Crippen molar-refractivity contribution in [3.05, 3.63) is 76.2 Å². The highest BCUT2D eigenvalue weighted by molar-refractivity contribution is 7.99. The zero-order valence-electron chi connectivity index (χ0n) is 18.0. The highest BCUT2D eigenvalue weighted by atomic mass is 32.2. The molecule has 0 aliphatic heterocycles. The van der Waals surface area contributed by atoms with Crippen LogP contribution in [-0.2, 0) is 4.79 Å². The first-order chi connectivity index (χ1) is 15.5. The summed E-state index contributed by atoms with van der Waals surface area (Å²) in [6.45, 7) is 3.97. The van der Waals surface area contributed by atoms with Crippen molar-refractivity contribution in [1.82, 2.24) is 14.5 Å². The highest BCUT2D eigenvalue weighted by Gasteiger charge is 2.29. The Hall–Kier alpha value is -3.32. The number of thioether (sulfide) groups is 1. The number of nitrogens with zero attached hydrogens (tertiary/aromatic N) is 2. The highest BCUT2D eigenvalue weighted by Crippen LogP contribution is 2.37. The lowest BCUT2D eigenvalue weighted by atomic mass is 10.1. The van der Waals surface area contributed by atoms with Crippen molar-refractivity contribution in [1.29, 1.82) is 0 Å². The predicted octanol–water partition coefficient (Wildman–Crippen LogP) is 5.07. The largest absolute Gasteiger partial charge is 0.355 e. The Morgan fingerprint density at radius 2 is 1.97 bits per heavy atom. The van der Waals surface area contributed by atoms with Gasteiger partial charge in [-0.3, -0.25) is 14.2 Å². The summed E-state index contributed by atoms with van der Waals surface area (Å²) in [6, 6.07) is 16.0. The minimum Gasteiger partial charge on any atom is -0.355 e. The number of aromatic amines is 1. The Morgan fingerprint density at radius 1 is 1.19 bits per heavy atom. The zero-order chi connectivity index (χ0) is 22.2. The average Bonchev–Trinajstić information content (AvgIpc) is 3.53. The van der Waals surface area contributed by atoms with Gasteiger partial charge in [-0.15, -0.1) is 0 Å². The second-order valence-electron chi connectivity index (χ2n) is 8.25. The number of amides is 1. The molecule has 5 rings (SSSR count). The average molecular weight is 445 g/mol. The van der Waals surface area contributed by atoms with E-state index < -0.39 is 0 Å². The molecular weight excluding hydrogens is 420 g/mol. The topological polar surface area (TPSA) is 79.8 Å². The van der Waals surface area contributed by atoms with Gasteiger partial charge in [-0.05, 0) is 49.4 Å². The molecule has 1 saturated carbocycles. The van der Waals surface area contributed by atoms with Crippen LogP contribution in [0.5, 0.6) is 0 Å². The van der Waals surface area contributed by atoms with Crippen molar-refractivity contribution < 1.29 is 4.79 Å². The van der Waals surface area contributed by atoms with Crippen molar-refractivity contribution in [2.75, 3.05) is 11.1 Å². The SMILES string of the molecule is Cc1ccc(C)c(NC(=O)CSc2nc3c(-c4ccccc4)c[nH]c3c(=O)n2C2CC2)c1. The quantitative estimate of drug-likeness (QED) is 0.321. The van der Waals surface area contributed by atoms with Gasteiger partial charge in [0.25, 0.3) is 5.56 Å². The van der Waals surface area contributed by atoms with Crippen molar-refractivity contribution in [3.8, 4) is 11.1 Å². The Labute approximate surface area is 190 Å². The summed E-state index contributed by atoms with van der Waals surface area (Å²) in [6.07, 6.45) is 3.76. The van der Waals surface area contributed by atoms with E-state index in [0.29, 0.717) is 16.2 Å². The smallest absolute Gasteiger partial charge is 0.278 e. The molecule has 0 bridgehead atoms. The molecule has 32 heavy (non-hydrogen) atoms. The molecule has 0 unspecified atom stereocenters. The van der Waals surface area contributed by atoms with Gasteiger partial charge < -0.3 is 10.3 Å². The van der Waals surface area contributed by atoms with Crippen molar-refractivity contribution in [2.45, 2.75) is 37.9 Å². The summed E-state index contributed by atoms with van der Waals surface area (Å²) in [4.78, 5) is 33.9. The Morgan fingerprint density at radius 3 is 2.72 bits per heavy atom. The summed E-state index contributed by atoms with van der Waals surface area (Å²) >= 11 is 1.32. The van der Waals surface area contributed by atoms with Gasteiger partial charge in [-0.25, -0.2) is 4.98 Å². The van der Waals surface area contributed by atoms with Gasteiger partial charge in [0.2, 0.25) is 5.91 Å². The van der Waals surface area contributed by atoms with Crippen LogP contribution in [0.1, 0.15) is 30.0 Å². The number of hydrogen-bond acceptors (Lipinski definition) is 4. The van der Waals surface area contributed by atoms with E-state index in [9.17, 15) is 9.59 Å². The third-order valence-corrected chi connectivity index (χ3v) is 6.65. The zero-order valence-corrected chi connectivity index (χ0v) is 18.8. The number of nitrogens with one attached hydrogen (secondary N) is 2. The fourth-order valence-electron chi connectivity index (χ4n) is 3.83. The van der Waals surface area contributed by atoms with Crippen LogP contribution in [0.2, 0.25) is 0 Å². The van der Waals surface area contributed by atoms with Crippen LogP contribution in [0.15, 0.2) is 64.7 Å². The number of carbonyl (C=O) groups excluding carboxylic acids is 1. The molecule has 2 aromatic carbocycles. The van der Waals surface area contributed by atoms with Crippen molar-refractivity contribution in [2.24, 2.45) is 0 Å². The second-order valence-corrected chi connectivity index (χ2v) is 9.19. The maximum Gasteiger partial charge on any atom is 0.278 e. The van der Waals surface area contributed by atoms with Gasteiger partial charge in [-0.2, -0.15) is 0 Å². The Kier molecular flexibility index (Phi) is 5.35. The van der Waals surface area contributed by atoms with Crippen molar-refractivity contribution >= 4 is 34.4 Å². The normalized spacial score (nSPS) is 13.4. The number of aryl methyl sites for hydroxylation is 2. The third kappa shape index (κ3) is 3.96. The molecule has 2 aromatic heterocycles. The Bertz CT molecular complexity index is 1370. The summed E-state index contributed by atoms with van der Waals surface area (Å²) in [7, 11) is 0. The van der Waals surface area contributed by atoms with E-state index >= 15 is 0 Å². The molecule has 1 aliphatic rings. The van der Waals surface area contributed by atoms with Crippen LogP contribution < -0.4 is 10.9 Å². The maximum atomic E-state index is 13.3. The first-order valence-electron chi connectivity index (χ1n) is 10.7. The molecule has 1 aliphatic carbocycles. The molecular formula is C25H24N4O2S. The van der Waals surface area contributed by atoms with E-state index in [-0.39, 0.29) is 23.3 Å². The molecule has 0 radical (unpaired) electrons. The molecule has 0 spiro atoms. The standard InChI is InChI=1S/C25H24N4O2S/c1-15-8-9-16(2)20(12-15)27-21(30)14-32-25-28-22-19(17-6-4-3-5-7-17)13-26-23(22)24(31)29(25)18-10-11-18/h3-9,12-13,18,26H,10-11,14H2,1-2H3,(H,27,30). The van der Waals surface area contributed by atoms with E-state index in [2.05, 4.69) is 10.3 Å². The Balaban J connectivity index is 1.46. The van der Waals surface area contributed by atoms with Gasteiger partial charge in [0.15, 0.2) is 5.16 Å². The van der Waals surface area contributed by atoms with Gasteiger partial charge >= 0.3 is 0 Å². The van der Waals surface area contributed by atoms with Gasteiger partial charge in [0.1, 0.15) is 11.0 Å².